The molecule has 0 aliphatic heterocycles. The van der Waals surface area contributed by atoms with E-state index in [1.54, 1.807) is 30.9 Å². The molecule has 0 bridgehead atoms. The molecule has 1 heterocycles. The van der Waals surface area contributed by atoms with Crippen molar-refractivity contribution in [1.82, 2.24) is 9.97 Å². The van der Waals surface area contributed by atoms with Crippen LogP contribution in [0.25, 0.3) is 0 Å². The van der Waals surface area contributed by atoms with Crippen LogP contribution >= 0.6 is 11.6 Å². The number of rotatable bonds is 0. The molecule has 0 aliphatic rings. The molecule has 0 radical (unpaired) electrons. The van der Waals surface area contributed by atoms with Crippen molar-refractivity contribution in [3.05, 3.63) is 53.3 Å². The summed E-state index contributed by atoms with van der Waals surface area (Å²) < 4.78 is 12.4. The van der Waals surface area contributed by atoms with E-state index in [1.807, 2.05) is 6.92 Å². The second kappa shape index (κ2) is 5.40. The van der Waals surface area contributed by atoms with Gasteiger partial charge in [-0.1, -0.05) is 17.7 Å². The van der Waals surface area contributed by atoms with Crippen molar-refractivity contribution in [2.24, 2.45) is 0 Å². The summed E-state index contributed by atoms with van der Waals surface area (Å²) in [6, 6.07) is 4.63. The lowest BCUT2D eigenvalue weighted by Crippen LogP contribution is -1.76. The van der Waals surface area contributed by atoms with Crippen molar-refractivity contribution in [1.29, 1.82) is 0 Å². The van der Waals surface area contributed by atoms with Gasteiger partial charge in [-0.3, -0.25) is 0 Å². The third-order valence-corrected chi connectivity index (χ3v) is 1.77. The number of halogens is 2. The van der Waals surface area contributed by atoms with Crippen molar-refractivity contribution < 1.29 is 4.39 Å². The third kappa shape index (κ3) is 3.58. The summed E-state index contributed by atoms with van der Waals surface area (Å²) in [7, 11) is 0. The maximum absolute atomic E-state index is 12.4. The highest BCUT2D eigenvalue weighted by molar-refractivity contribution is 6.30. The molecule has 2 rings (SSSR count). The molecule has 2 nitrogen and oxygen atoms in total. The lowest BCUT2D eigenvalue weighted by molar-refractivity contribution is 0.628. The summed E-state index contributed by atoms with van der Waals surface area (Å²) in [6.45, 7) is 1.87. The molecule has 0 spiro atoms. The molecule has 4 heteroatoms. The maximum Gasteiger partial charge on any atom is 0.141 e. The van der Waals surface area contributed by atoms with Crippen molar-refractivity contribution in [2.45, 2.75) is 6.92 Å². The number of nitrogens with zero attached hydrogens (tertiary/aromatic N) is 1. The summed E-state index contributed by atoms with van der Waals surface area (Å²) in [5, 5.41) is 0.190. The quantitative estimate of drug-likeness (QED) is 0.714. The number of nitrogens with one attached hydrogen (secondary N) is 1. The van der Waals surface area contributed by atoms with Crippen molar-refractivity contribution in [3.63, 3.8) is 0 Å². The average molecular weight is 213 g/mol. The summed E-state index contributed by atoms with van der Waals surface area (Å²) in [4.78, 5) is 6.42. The SMILES string of the molecule is Cc1ccc(F)c(Cl)c1.c1c[nH]cn1. The van der Waals surface area contributed by atoms with Gasteiger partial charge in [-0.25, -0.2) is 9.37 Å². The number of hydrogen-bond acceptors (Lipinski definition) is 1. The van der Waals surface area contributed by atoms with E-state index >= 15 is 0 Å². The van der Waals surface area contributed by atoms with E-state index in [9.17, 15) is 4.39 Å². The molecule has 14 heavy (non-hydrogen) atoms. The molecular formula is C10H10ClFN2. The Bertz CT molecular complexity index is 356. The maximum atomic E-state index is 12.4. The first-order valence-corrected chi connectivity index (χ1v) is 4.42. The monoisotopic (exact) mass is 212 g/mol. The third-order valence-electron chi connectivity index (χ3n) is 1.48. The first kappa shape index (κ1) is 10.7. The summed E-state index contributed by atoms with van der Waals surface area (Å²) in [5.74, 6) is -0.359. The number of H-pyrrole nitrogens is 1. The number of aromatic amines is 1. The lowest BCUT2D eigenvalue weighted by Gasteiger charge is -1.93. The Morgan fingerprint density at radius 3 is 2.57 bits per heavy atom. The Kier molecular flexibility index (Phi) is 4.13. The van der Waals surface area contributed by atoms with Crippen molar-refractivity contribution in [2.75, 3.05) is 0 Å². The molecule has 1 aromatic heterocycles. The van der Waals surface area contributed by atoms with Crippen LogP contribution in [0.3, 0.4) is 0 Å². The van der Waals surface area contributed by atoms with Crippen LogP contribution in [0.1, 0.15) is 5.56 Å². The van der Waals surface area contributed by atoms with Gasteiger partial charge in [-0.15, -0.1) is 0 Å². The van der Waals surface area contributed by atoms with Gasteiger partial charge in [-0.05, 0) is 24.6 Å². The van der Waals surface area contributed by atoms with Crippen LogP contribution in [0.4, 0.5) is 4.39 Å². The zero-order chi connectivity index (χ0) is 10.4. The van der Waals surface area contributed by atoms with E-state index in [0.717, 1.165) is 5.56 Å². The highest BCUT2D eigenvalue weighted by atomic mass is 35.5. The number of benzene rings is 1. The minimum atomic E-state index is -0.359. The fourth-order valence-electron chi connectivity index (χ4n) is 0.816. The molecule has 0 saturated carbocycles. The molecular weight excluding hydrogens is 203 g/mol. The molecule has 1 aromatic carbocycles. The first-order chi connectivity index (χ1) is 6.70. The van der Waals surface area contributed by atoms with Gasteiger partial charge in [0.25, 0.3) is 0 Å². The second-order valence-electron chi connectivity index (χ2n) is 2.68. The molecule has 1 N–H and O–H groups in total. The van der Waals surface area contributed by atoms with Crippen LogP contribution in [0.2, 0.25) is 5.02 Å². The number of hydrogen-bond donors (Lipinski definition) is 1. The summed E-state index contributed by atoms with van der Waals surface area (Å²) in [6.07, 6.45) is 5.08. The van der Waals surface area contributed by atoms with Crippen molar-refractivity contribution in [3.8, 4) is 0 Å². The van der Waals surface area contributed by atoms with Gasteiger partial charge in [0.15, 0.2) is 0 Å². The van der Waals surface area contributed by atoms with E-state index in [1.165, 1.54) is 6.07 Å². The Hall–Kier alpha value is -1.35. The molecule has 0 unspecified atom stereocenters. The Balaban J connectivity index is 0.000000165. The fraction of sp³-hybridized carbons (Fsp3) is 0.100. The van der Waals surface area contributed by atoms with Gasteiger partial charge < -0.3 is 4.98 Å². The Morgan fingerprint density at radius 2 is 2.21 bits per heavy atom. The van der Waals surface area contributed by atoms with Crippen molar-refractivity contribution >= 4 is 11.6 Å². The standard InChI is InChI=1S/C7H6ClF.C3H4N2/c1-5-2-3-7(9)6(8)4-5;1-2-5-3-4-1/h2-4H,1H3;1-3H,(H,4,5). The van der Waals surface area contributed by atoms with Gasteiger partial charge in [0.1, 0.15) is 5.82 Å². The zero-order valence-electron chi connectivity index (χ0n) is 7.67. The van der Waals surface area contributed by atoms with Gasteiger partial charge in [-0.2, -0.15) is 0 Å². The summed E-state index contributed by atoms with van der Waals surface area (Å²) >= 11 is 5.44. The van der Waals surface area contributed by atoms with E-state index in [4.69, 9.17) is 11.6 Å². The van der Waals surface area contributed by atoms with Crippen LogP contribution in [-0.2, 0) is 0 Å². The van der Waals surface area contributed by atoms with E-state index < -0.39 is 0 Å². The summed E-state index contributed by atoms with van der Waals surface area (Å²) in [5.41, 5.74) is 0.974. The second-order valence-corrected chi connectivity index (χ2v) is 3.09. The van der Waals surface area contributed by atoms with Crippen LogP contribution in [-0.4, -0.2) is 9.97 Å². The highest BCUT2D eigenvalue weighted by Crippen LogP contribution is 2.14. The van der Waals surface area contributed by atoms with Crippen LogP contribution in [0.5, 0.6) is 0 Å². The van der Waals surface area contributed by atoms with E-state index in [-0.39, 0.29) is 10.8 Å². The number of imidazole rings is 1. The fourth-order valence-corrected chi connectivity index (χ4v) is 1.05. The van der Waals surface area contributed by atoms with Crippen LogP contribution < -0.4 is 0 Å². The predicted molar refractivity (Wildman–Crippen MR) is 54.7 cm³/mol. The smallest absolute Gasteiger partial charge is 0.141 e. The first-order valence-electron chi connectivity index (χ1n) is 4.04. The van der Waals surface area contributed by atoms with Gasteiger partial charge in [0, 0.05) is 12.4 Å². The minimum Gasteiger partial charge on any atom is -0.351 e. The molecule has 0 atom stereocenters. The molecule has 0 fully saturated rings. The topological polar surface area (TPSA) is 28.7 Å². The molecule has 0 amide bonds. The lowest BCUT2D eigenvalue weighted by atomic mass is 10.2. The predicted octanol–water partition coefficient (Wildman–Crippen LogP) is 3.20. The van der Waals surface area contributed by atoms with E-state index in [0.29, 0.717) is 0 Å². The molecule has 0 aliphatic carbocycles. The largest absolute Gasteiger partial charge is 0.351 e. The molecule has 2 aromatic rings. The number of aromatic nitrogens is 2. The van der Waals surface area contributed by atoms with Crippen LogP contribution in [0, 0.1) is 12.7 Å². The highest BCUT2D eigenvalue weighted by Gasteiger charge is 1.95. The normalized spacial score (nSPS) is 9.07. The van der Waals surface area contributed by atoms with Gasteiger partial charge >= 0.3 is 0 Å². The molecule has 0 saturated heterocycles. The van der Waals surface area contributed by atoms with Gasteiger partial charge in [0.05, 0.1) is 11.3 Å². The minimum absolute atomic E-state index is 0.190. The number of aryl methyl sites for hydroxylation is 1. The zero-order valence-corrected chi connectivity index (χ0v) is 8.42. The van der Waals surface area contributed by atoms with Gasteiger partial charge in [0.2, 0.25) is 0 Å². The van der Waals surface area contributed by atoms with Crippen LogP contribution in [0.15, 0.2) is 36.9 Å². The Labute approximate surface area is 86.8 Å². The van der Waals surface area contributed by atoms with E-state index in [2.05, 4.69) is 9.97 Å². The average Bonchev–Trinajstić information content (AvgIpc) is 2.69. The Morgan fingerprint density at radius 1 is 1.43 bits per heavy atom. The molecule has 74 valence electrons.